The Hall–Kier alpha value is -0.660. The van der Waals surface area contributed by atoms with Gasteiger partial charge in [-0.1, -0.05) is 13.8 Å². The van der Waals surface area contributed by atoms with E-state index in [0.29, 0.717) is 6.42 Å². The molecule has 7 heteroatoms. The third kappa shape index (κ3) is 3.66. The molecule has 1 rings (SSSR count). The number of carbonyl (C=O) groups is 1. The molecule has 0 aliphatic carbocycles. The van der Waals surface area contributed by atoms with Gasteiger partial charge in [-0.3, -0.25) is 4.79 Å². The van der Waals surface area contributed by atoms with E-state index >= 15 is 0 Å². The second-order valence-corrected chi connectivity index (χ2v) is 7.28. The van der Waals surface area contributed by atoms with E-state index in [4.69, 9.17) is 9.84 Å². The molecular weight excluding hydrogens is 258 g/mol. The molecule has 0 aromatic rings. The monoisotopic (exact) mass is 279 g/mol. The maximum absolute atomic E-state index is 11.8. The van der Waals surface area contributed by atoms with Crippen LogP contribution >= 0.6 is 0 Å². The predicted octanol–water partition coefficient (Wildman–Crippen LogP) is 0.442. The highest BCUT2D eigenvalue weighted by Crippen LogP contribution is 2.29. The molecule has 2 N–H and O–H groups in total. The lowest BCUT2D eigenvalue weighted by atomic mass is 9.86. The maximum atomic E-state index is 11.8. The van der Waals surface area contributed by atoms with Crippen LogP contribution in [0, 0.1) is 11.3 Å². The predicted molar refractivity (Wildman–Crippen MR) is 66.7 cm³/mol. The van der Waals surface area contributed by atoms with E-state index in [1.807, 2.05) is 13.8 Å². The Morgan fingerprint density at radius 2 is 2.17 bits per heavy atom. The lowest BCUT2D eigenvalue weighted by Crippen LogP contribution is -2.50. The molecule has 0 aromatic heterocycles. The third-order valence-corrected chi connectivity index (χ3v) is 4.65. The minimum Gasteiger partial charge on any atom is -0.481 e. The second kappa shape index (κ2) is 5.54. The van der Waals surface area contributed by atoms with Crippen LogP contribution in [0.4, 0.5) is 0 Å². The van der Waals surface area contributed by atoms with Crippen molar-refractivity contribution in [2.45, 2.75) is 33.2 Å². The highest BCUT2D eigenvalue weighted by Gasteiger charge is 2.48. The van der Waals surface area contributed by atoms with Crippen LogP contribution in [0.5, 0.6) is 0 Å². The van der Waals surface area contributed by atoms with Gasteiger partial charge < -0.3 is 9.84 Å². The first-order chi connectivity index (χ1) is 8.17. The Balaban J connectivity index is 2.69. The first kappa shape index (κ1) is 15.4. The standard InChI is InChI=1S/C11H21NO5S/c1-8(2)4-5-18(15,16)12-9-6-17-7-11(9,3)10(13)14/h8-9,12H,4-7H2,1-3H3,(H,13,14). The minimum atomic E-state index is -3.46. The van der Waals surface area contributed by atoms with Crippen LogP contribution in [-0.4, -0.2) is 44.5 Å². The van der Waals surface area contributed by atoms with Crippen molar-refractivity contribution < 1.29 is 23.1 Å². The summed E-state index contributed by atoms with van der Waals surface area (Å²) in [5.74, 6) is -0.750. The van der Waals surface area contributed by atoms with Crippen LogP contribution in [0.15, 0.2) is 0 Å². The molecule has 1 aliphatic rings. The Labute approximate surface area is 108 Å². The van der Waals surface area contributed by atoms with Crippen molar-refractivity contribution in [3.8, 4) is 0 Å². The second-order valence-electron chi connectivity index (χ2n) is 5.41. The molecule has 0 bridgehead atoms. The fourth-order valence-corrected chi connectivity index (χ4v) is 3.38. The van der Waals surface area contributed by atoms with Crippen molar-refractivity contribution in [1.82, 2.24) is 4.72 Å². The van der Waals surface area contributed by atoms with E-state index in [0.717, 1.165) is 0 Å². The maximum Gasteiger partial charge on any atom is 0.313 e. The number of sulfonamides is 1. The highest BCUT2D eigenvalue weighted by atomic mass is 32.2. The molecule has 0 aromatic carbocycles. The molecule has 0 saturated carbocycles. The van der Waals surface area contributed by atoms with Crippen LogP contribution in [0.3, 0.4) is 0 Å². The number of carboxylic acid groups (broad SMARTS) is 1. The number of rotatable bonds is 6. The number of ether oxygens (including phenoxy) is 1. The molecule has 1 heterocycles. The van der Waals surface area contributed by atoms with Gasteiger partial charge in [0.15, 0.2) is 0 Å². The van der Waals surface area contributed by atoms with Crippen molar-refractivity contribution in [2.24, 2.45) is 11.3 Å². The van der Waals surface area contributed by atoms with Gasteiger partial charge in [0, 0.05) is 0 Å². The zero-order valence-corrected chi connectivity index (χ0v) is 11.8. The first-order valence-electron chi connectivity index (χ1n) is 5.98. The van der Waals surface area contributed by atoms with Gasteiger partial charge in [-0.15, -0.1) is 0 Å². The molecule has 1 fully saturated rings. The van der Waals surface area contributed by atoms with Crippen molar-refractivity contribution in [2.75, 3.05) is 19.0 Å². The number of hydrogen-bond acceptors (Lipinski definition) is 4. The Morgan fingerprint density at radius 3 is 2.67 bits per heavy atom. The quantitative estimate of drug-likeness (QED) is 0.736. The summed E-state index contributed by atoms with van der Waals surface area (Å²) in [7, 11) is -3.46. The average molecular weight is 279 g/mol. The number of hydrogen-bond donors (Lipinski definition) is 2. The van der Waals surface area contributed by atoms with Gasteiger partial charge in [0.1, 0.15) is 5.41 Å². The van der Waals surface area contributed by atoms with Gasteiger partial charge in [0.25, 0.3) is 0 Å². The van der Waals surface area contributed by atoms with Crippen LogP contribution in [0.25, 0.3) is 0 Å². The molecule has 0 radical (unpaired) electrons. The summed E-state index contributed by atoms with van der Waals surface area (Å²) in [5.41, 5.74) is -1.19. The molecule has 0 amide bonds. The molecule has 6 nitrogen and oxygen atoms in total. The topological polar surface area (TPSA) is 92.7 Å². The molecule has 1 aliphatic heterocycles. The Morgan fingerprint density at radius 1 is 1.56 bits per heavy atom. The molecule has 1 saturated heterocycles. The SMILES string of the molecule is CC(C)CCS(=O)(=O)NC1COCC1(C)C(=O)O. The van der Waals surface area contributed by atoms with Crippen molar-refractivity contribution >= 4 is 16.0 Å². The van der Waals surface area contributed by atoms with E-state index in [1.165, 1.54) is 6.92 Å². The van der Waals surface area contributed by atoms with Gasteiger partial charge in [0.2, 0.25) is 10.0 Å². The summed E-state index contributed by atoms with van der Waals surface area (Å²) in [5, 5.41) is 9.14. The number of carboxylic acids is 1. The largest absolute Gasteiger partial charge is 0.481 e. The summed E-state index contributed by atoms with van der Waals surface area (Å²) < 4.78 is 31.2. The normalized spacial score (nSPS) is 28.8. The first-order valence-corrected chi connectivity index (χ1v) is 7.64. The molecule has 18 heavy (non-hydrogen) atoms. The summed E-state index contributed by atoms with van der Waals surface area (Å²) in [6.45, 7) is 5.51. The molecular formula is C11H21NO5S. The van der Waals surface area contributed by atoms with Crippen molar-refractivity contribution in [3.05, 3.63) is 0 Å². The van der Waals surface area contributed by atoms with E-state index in [1.54, 1.807) is 0 Å². The Bertz CT molecular complexity index is 406. The van der Waals surface area contributed by atoms with Crippen LogP contribution < -0.4 is 4.72 Å². The summed E-state index contributed by atoms with van der Waals surface area (Å²) in [4.78, 5) is 11.2. The van der Waals surface area contributed by atoms with Crippen LogP contribution in [0.2, 0.25) is 0 Å². The van der Waals surface area contributed by atoms with Crippen molar-refractivity contribution in [3.63, 3.8) is 0 Å². The minimum absolute atomic E-state index is 0.0108. The lowest BCUT2D eigenvalue weighted by molar-refractivity contribution is -0.148. The fraction of sp³-hybridized carbons (Fsp3) is 0.909. The highest BCUT2D eigenvalue weighted by molar-refractivity contribution is 7.89. The fourth-order valence-electron chi connectivity index (χ4n) is 1.71. The average Bonchev–Trinajstić information content (AvgIpc) is 2.58. The van der Waals surface area contributed by atoms with E-state index in [-0.39, 0.29) is 24.9 Å². The summed E-state index contributed by atoms with van der Waals surface area (Å²) >= 11 is 0. The molecule has 106 valence electrons. The van der Waals surface area contributed by atoms with Gasteiger partial charge in [-0.25, -0.2) is 13.1 Å². The number of nitrogens with one attached hydrogen (secondary N) is 1. The van der Waals surface area contributed by atoms with E-state index < -0.39 is 27.4 Å². The van der Waals surface area contributed by atoms with Gasteiger partial charge in [0.05, 0.1) is 25.0 Å². The zero-order valence-electron chi connectivity index (χ0n) is 11.0. The molecule has 2 atom stereocenters. The number of aliphatic carboxylic acids is 1. The molecule has 2 unspecified atom stereocenters. The third-order valence-electron chi connectivity index (χ3n) is 3.23. The summed E-state index contributed by atoms with van der Waals surface area (Å²) in [6.07, 6.45) is 0.548. The smallest absolute Gasteiger partial charge is 0.313 e. The van der Waals surface area contributed by atoms with Crippen LogP contribution in [-0.2, 0) is 19.6 Å². The lowest BCUT2D eigenvalue weighted by Gasteiger charge is -2.25. The van der Waals surface area contributed by atoms with Gasteiger partial charge >= 0.3 is 5.97 Å². The van der Waals surface area contributed by atoms with E-state index in [9.17, 15) is 13.2 Å². The zero-order chi connectivity index (χ0) is 14.0. The van der Waals surface area contributed by atoms with Gasteiger partial charge in [-0.2, -0.15) is 0 Å². The van der Waals surface area contributed by atoms with E-state index in [2.05, 4.69) is 4.72 Å². The Kier molecular flexibility index (Phi) is 4.74. The molecule has 0 spiro atoms. The van der Waals surface area contributed by atoms with Crippen LogP contribution in [0.1, 0.15) is 27.2 Å². The summed E-state index contributed by atoms with van der Waals surface area (Å²) in [6, 6.07) is -0.702. The van der Waals surface area contributed by atoms with Gasteiger partial charge in [-0.05, 0) is 19.3 Å². The van der Waals surface area contributed by atoms with Crippen molar-refractivity contribution in [1.29, 1.82) is 0 Å².